The lowest BCUT2D eigenvalue weighted by Crippen LogP contribution is -2.49. The van der Waals surface area contributed by atoms with Crippen molar-refractivity contribution in [3.8, 4) is 11.1 Å². The highest BCUT2D eigenvalue weighted by Crippen LogP contribution is 2.31. The van der Waals surface area contributed by atoms with Crippen LogP contribution in [0, 0.1) is 6.92 Å². The van der Waals surface area contributed by atoms with Gasteiger partial charge in [0.2, 0.25) is 10.0 Å². The molecule has 8 nitrogen and oxygen atoms in total. The van der Waals surface area contributed by atoms with Crippen LogP contribution in [0.15, 0.2) is 72.0 Å². The Hall–Kier alpha value is -3.30. The molecule has 0 N–H and O–H groups in total. The summed E-state index contributed by atoms with van der Waals surface area (Å²) in [5.74, 6) is 1.39. The zero-order valence-electron chi connectivity index (χ0n) is 17.1. The normalized spacial score (nSPS) is 15.5. The lowest BCUT2D eigenvalue weighted by Gasteiger charge is -2.36. The maximum absolute atomic E-state index is 13.1. The van der Waals surface area contributed by atoms with Gasteiger partial charge in [0.15, 0.2) is 0 Å². The number of sulfonamides is 1. The first kappa shape index (κ1) is 19.7. The van der Waals surface area contributed by atoms with Crippen LogP contribution in [-0.4, -0.2) is 58.5 Å². The Kier molecular flexibility index (Phi) is 4.91. The van der Waals surface area contributed by atoms with Gasteiger partial charge in [-0.05, 0) is 24.6 Å². The first-order valence-corrected chi connectivity index (χ1v) is 11.5. The van der Waals surface area contributed by atoms with Crippen molar-refractivity contribution in [2.24, 2.45) is 0 Å². The Morgan fingerprint density at radius 1 is 0.871 bits per heavy atom. The van der Waals surface area contributed by atoms with E-state index in [0.717, 1.165) is 22.5 Å². The largest absolute Gasteiger partial charge is 0.353 e. The zero-order valence-corrected chi connectivity index (χ0v) is 17.9. The summed E-state index contributed by atoms with van der Waals surface area (Å²) in [5, 5.41) is 4.37. The van der Waals surface area contributed by atoms with Gasteiger partial charge in [-0.1, -0.05) is 48.0 Å². The molecule has 1 aliphatic rings. The van der Waals surface area contributed by atoms with Crippen LogP contribution >= 0.6 is 0 Å². The number of anilines is 1. The highest BCUT2D eigenvalue weighted by molar-refractivity contribution is 7.89. The molecule has 0 unspecified atom stereocenters. The van der Waals surface area contributed by atoms with E-state index in [1.165, 1.54) is 6.33 Å². The Bertz CT molecular complexity index is 1310. The Labute approximate surface area is 180 Å². The van der Waals surface area contributed by atoms with E-state index in [2.05, 4.69) is 20.0 Å². The van der Waals surface area contributed by atoms with Gasteiger partial charge in [0.25, 0.3) is 5.78 Å². The Morgan fingerprint density at radius 2 is 1.58 bits per heavy atom. The molecule has 0 aliphatic carbocycles. The van der Waals surface area contributed by atoms with E-state index in [-0.39, 0.29) is 0 Å². The number of hydrogen-bond donors (Lipinski definition) is 0. The average Bonchev–Trinajstić information content (AvgIpc) is 3.28. The van der Waals surface area contributed by atoms with Gasteiger partial charge < -0.3 is 4.90 Å². The van der Waals surface area contributed by atoms with Crippen LogP contribution in [-0.2, 0) is 10.0 Å². The summed E-state index contributed by atoms with van der Waals surface area (Å²) in [6.45, 7) is 3.82. The molecule has 3 heterocycles. The number of piperazine rings is 1. The minimum atomic E-state index is -3.52. The molecule has 158 valence electrons. The fourth-order valence-corrected chi connectivity index (χ4v) is 5.31. The molecule has 1 fully saturated rings. The minimum Gasteiger partial charge on any atom is -0.353 e. The molecule has 0 radical (unpaired) electrons. The van der Waals surface area contributed by atoms with Gasteiger partial charge in [0.05, 0.1) is 4.90 Å². The maximum Gasteiger partial charge on any atom is 0.254 e. The molecule has 0 spiro atoms. The zero-order chi connectivity index (χ0) is 21.4. The van der Waals surface area contributed by atoms with Crippen LogP contribution < -0.4 is 4.90 Å². The predicted molar refractivity (Wildman–Crippen MR) is 118 cm³/mol. The first-order valence-electron chi connectivity index (χ1n) is 10.1. The summed E-state index contributed by atoms with van der Waals surface area (Å²) in [4.78, 5) is 11.1. The molecule has 0 amide bonds. The summed E-state index contributed by atoms with van der Waals surface area (Å²) in [7, 11) is -3.52. The van der Waals surface area contributed by atoms with Crippen LogP contribution in [0.3, 0.4) is 0 Å². The molecule has 1 aliphatic heterocycles. The van der Waals surface area contributed by atoms with Gasteiger partial charge >= 0.3 is 0 Å². The number of aryl methyl sites for hydroxylation is 1. The molecule has 5 rings (SSSR count). The van der Waals surface area contributed by atoms with Gasteiger partial charge in [0.1, 0.15) is 12.1 Å². The summed E-state index contributed by atoms with van der Waals surface area (Å²) < 4.78 is 29.4. The molecule has 0 saturated carbocycles. The third kappa shape index (κ3) is 3.55. The van der Waals surface area contributed by atoms with Crippen molar-refractivity contribution in [2.75, 3.05) is 31.1 Å². The first-order chi connectivity index (χ1) is 15.0. The van der Waals surface area contributed by atoms with Gasteiger partial charge in [-0.2, -0.15) is 18.9 Å². The minimum absolute atomic E-state index is 0.333. The quantitative estimate of drug-likeness (QED) is 0.491. The van der Waals surface area contributed by atoms with Crippen LogP contribution in [0.4, 0.5) is 5.82 Å². The number of hydrogen-bond acceptors (Lipinski definition) is 6. The third-order valence-corrected chi connectivity index (χ3v) is 7.47. The standard InChI is InChI=1S/C22H22N6O2S/c1-17-7-9-19(10-8-17)31(29,30)27-13-11-26(12-14-27)21-20(18-5-3-2-4-6-18)15-23-22-24-16-25-28(21)22/h2-10,15-16H,11-14H2,1H3. The molecule has 31 heavy (non-hydrogen) atoms. The second-order valence-corrected chi connectivity index (χ2v) is 9.48. The van der Waals surface area contributed by atoms with E-state index < -0.39 is 10.0 Å². The summed E-state index contributed by atoms with van der Waals surface area (Å²) >= 11 is 0. The van der Waals surface area contributed by atoms with E-state index in [0.29, 0.717) is 36.9 Å². The maximum atomic E-state index is 13.1. The van der Waals surface area contributed by atoms with Gasteiger partial charge in [-0.25, -0.2) is 13.4 Å². The number of fused-ring (bicyclic) bond motifs is 1. The van der Waals surface area contributed by atoms with Crippen molar-refractivity contribution >= 4 is 21.6 Å². The SMILES string of the molecule is Cc1ccc(S(=O)(=O)N2CCN(c3c(-c4ccccc4)cnc4ncnn34)CC2)cc1. The van der Waals surface area contributed by atoms with Crippen molar-refractivity contribution in [3.63, 3.8) is 0 Å². The number of benzene rings is 2. The highest BCUT2D eigenvalue weighted by Gasteiger charge is 2.30. The molecule has 1 saturated heterocycles. The summed E-state index contributed by atoms with van der Waals surface area (Å²) in [5.41, 5.74) is 3.00. The Morgan fingerprint density at radius 3 is 2.29 bits per heavy atom. The van der Waals surface area contributed by atoms with Gasteiger partial charge in [-0.3, -0.25) is 0 Å². The van der Waals surface area contributed by atoms with Crippen molar-refractivity contribution in [1.82, 2.24) is 23.9 Å². The number of nitrogens with zero attached hydrogens (tertiary/aromatic N) is 6. The van der Waals surface area contributed by atoms with Gasteiger partial charge in [-0.15, -0.1) is 0 Å². The molecule has 2 aromatic carbocycles. The Balaban J connectivity index is 1.46. The number of rotatable bonds is 4. The summed E-state index contributed by atoms with van der Waals surface area (Å²) in [6, 6.07) is 17.0. The van der Waals surface area contributed by atoms with Crippen molar-refractivity contribution in [3.05, 3.63) is 72.7 Å². The van der Waals surface area contributed by atoms with Crippen LogP contribution in [0.5, 0.6) is 0 Å². The average molecular weight is 435 g/mol. The molecule has 9 heteroatoms. The van der Waals surface area contributed by atoms with Crippen molar-refractivity contribution in [2.45, 2.75) is 11.8 Å². The second-order valence-electron chi connectivity index (χ2n) is 7.54. The fourth-order valence-electron chi connectivity index (χ4n) is 3.89. The molecule has 2 aromatic heterocycles. The molecular weight excluding hydrogens is 412 g/mol. The fraction of sp³-hybridized carbons (Fsp3) is 0.227. The molecule has 4 aromatic rings. The third-order valence-electron chi connectivity index (χ3n) is 5.56. The van der Waals surface area contributed by atoms with E-state index in [9.17, 15) is 8.42 Å². The van der Waals surface area contributed by atoms with Crippen LogP contribution in [0.25, 0.3) is 16.9 Å². The molecule has 0 atom stereocenters. The van der Waals surface area contributed by atoms with Crippen molar-refractivity contribution in [1.29, 1.82) is 0 Å². The molecular formula is C22H22N6O2S. The number of aromatic nitrogens is 4. The van der Waals surface area contributed by atoms with Crippen LogP contribution in [0.2, 0.25) is 0 Å². The topological polar surface area (TPSA) is 83.7 Å². The molecule has 0 bridgehead atoms. The lowest BCUT2D eigenvalue weighted by molar-refractivity contribution is 0.383. The van der Waals surface area contributed by atoms with Gasteiger partial charge in [0, 0.05) is 37.9 Å². The lowest BCUT2D eigenvalue weighted by atomic mass is 10.1. The summed E-state index contributed by atoms with van der Waals surface area (Å²) in [6.07, 6.45) is 3.29. The van der Waals surface area contributed by atoms with Crippen molar-refractivity contribution < 1.29 is 8.42 Å². The van der Waals surface area contributed by atoms with E-state index >= 15 is 0 Å². The van der Waals surface area contributed by atoms with E-state index in [4.69, 9.17) is 0 Å². The van der Waals surface area contributed by atoms with Crippen LogP contribution in [0.1, 0.15) is 5.56 Å². The monoisotopic (exact) mass is 434 g/mol. The van der Waals surface area contributed by atoms with E-state index in [1.54, 1.807) is 21.0 Å². The smallest absolute Gasteiger partial charge is 0.254 e. The predicted octanol–water partition coefficient (Wildman–Crippen LogP) is 2.61. The second kappa shape index (κ2) is 7.75. The van der Waals surface area contributed by atoms with E-state index in [1.807, 2.05) is 55.6 Å². The highest BCUT2D eigenvalue weighted by atomic mass is 32.2.